The van der Waals surface area contributed by atoms with Crippen LogP contribution in [0, 0.1) is 11.6 Å². The van der Waals surface area contributed by atoms with Crippen LogP contribution in [0.15, 0.2) is 12.7 Å². The molecule has 0 aliphatic heterocycles. The first-order valence-electron chi connectivity index (χ1n) is 7.26. The molecule has 0 fully saturated rings. The molecule has 0 spiro atoms. The van der Waals surface area contributed by atoms with Crippen LogP contribution in [-0.4, -0.2) is 25.9 Å². The Kier molecular flexibility index (Phi) is 11.8. The Morgan fingerprint density at radius 3 is 2.35 bits per heavy atom. The van der Waals surface area contributed by atoms with Gasteiger partial charge in [0.1, 0.15) is 6.10 Å². The van der Waals surface area contributed by atoms with E-state index in [1.165, 1.54) is 0 Å². The summed E-state index contributed by atoms with van der Waals surface area (Å²) in [5.41, 5.74) is 2.64. The highest BCUT2D eigenvalue weighted by Crippen LogP contribution is 2.46. The van der Waals surface area contributed by atoms with Crippen molar-refractivity contribution in [2.24, 2.45) is 0 Å². The zero-order chi connectivity index (χ0) is 15.3. The van der Waals surface area contributed by atoms with E-state index < -0.39 is 7.60 Å². The summed E-state index contributed by atoms with van der Waals surface area (Å²) in [5.74, 6) is 2.89. The van der Waals surface area contributed by atoms with Crippen LogP contribution in [0.25, 0.3) is 0 Å². The van der Waals surface area contributed by atoms with Crippen LogP contribution in [0.5, 0.6) is 0 Å². The Labute approximate surface area is 123 Å². The number of ether oxygens (including phenoxy) is 1. The second-order valence-corrected chi connectivity index (χ2v) is 5.93. The predicted octanol–water partition coefficient (Wildman–Crippen LogP) is 4.36. The number of rotatable bonds is 11. The summed E-state index contributed by atoms with van der Waals surface area (Å²) in [6.07, 6.45) is 5.53. The molecule has 0 bridgehead atoms. The molecule has 0 radical (unpaired) electrons. The van der Waals surface area contributed by atoms with Crippen LogP contribution in [0.4, 0.5) is 0 Å². The van der Waals surface area contributed by atoms with Crippen LogP contribution < -0.4 is 0 Å². The van der Waals surface area contributed by atoms with Crippen LogP contribution in [0.1, 0.15) is 46.5 Å². The smallest absolute Gasteiger partial charge is 0.361 e. The Bertz CT molecular complexity index is 347. The summed E-state index contributed by atoms with van der Waals surface area (Å²) in [6.45, 7) is 10.3. The van der Waals surface area contributed by atoms with Crippen molar-refractivity contribution in [2.75, 3.05) is 19.8 Å². The lowest BCUT2D eigenvalue weighted by molar-refractivity contribution is 0.107. The van der Waals surface area contributed by atoms with E-state index in [9.17, 15) is 4.57 Å². The van der Waals surface area contributed by atoms with Crippen molar-refractivity contribution < 1.29 is 18.3 Å². The minimum atomic E-state index is -3.31. The number of hydrogen-bond donors (Lipinski definition) is 0. The monoisotopic (exact) mass is 302 g/mol. The third-order valence-electron chi connectivity index (χ3n) is 2.45. The Morgan fingerprint density at radius 2 is 1.85 bits per heavy atom. The van der Waals surface area contributed by atoms with Crippen molar-refractivity contribution in [3.8, 4) is 11.6 Å². The van der Waals surface area contributed by atoms with Crippen molar-refractivity contribution in [3.63, 3.8) is 0 Å². The van der Waals surface area contributed by atoms with Gasteiger partial charge in [0.25, 0.3) is 0 Å². The van der Waals surface area contributed by atoms with E-state index in [2.05, 4.69) is 25.1 Å². The molecule has 5 heteroatoms. The lowest BCUT2D eigenvalue weighted by Gasteiger charge is -2.12. The average molecular weight is 302 g/mol. The lowest BCUT2D eigenvalue weighted by atomic mass is 10.1. The van der Waals surface area contributed by atoms with Crippen LogP contribution in [0.3, 0.4) is 0 Å². The van der Waals surface area contributed by atoms with Crippen LogP contribution in [-0.2, 0) is 18.3 Å². The second kappa shape index (κ2) is 12.2. The first kappa shape index (κ1) is 19.4. The fourth-order valence-electron chi connectivity index (χ4n) is 1.55. The predicted molar refractivity (Wildman–Crippen MR) is 82.7 cm³/mol. The van der Waals surface area contributed by atoms with Gasteiger partial charge in [-0.25, -0.2) is 4.57 Å². The number of unbranched alkanes of at least 4 members (excludes halogenated alkanes) is 2. The molecule has 0 rings (SSSR count). The van der Waals surface area contributed by atoms with E-state index in [-0.39, 0.29) is 6.10 Å². The van der Waals surface area contributed by atoms with Crippen molar-refractivity contribution in [3.05, 3.63) is 12.7 Å². The van der Waals surface area contributed by atoms with E-state index in [0.29, 0.717) is 19.8 Å². The molecule has 0 amide bonds. The molecule has 20 heavy (non-hydrogen) atoms. The highest BCUT2D eigenvalue weighted by atomic mass is 31.2. The maximum absolute atomic E-state index is 12.2. The molecule has 0 aromatic carbocycles. The van der Waals surface area contributed by atoms with Gasteiger partial charge in [0.2, 0.25) is 0 Å². The van der Waals surface area contributed by atoms with Gasteiger partial charge in [-0.1, -0.05) is 31.8 Å². The van der Waals surface area contributed by atoms with Gasteiger partial charge in [-0.15, -0.1) is 6.58 Å². The Morgan fingerprint density at radius 1 is 1.20 bits per heavy atom. The molecule has 116 valence electrons. The molecule has 0 aromatic heterocycles. The van der Waals surface area contributed by atoms with E-state index in [1.54, 1.807) is 19.9 Å². The van der Waals surface area contributed by atoms with Crippen molar-refractivity contribution in [1.29, 1.82) is 0 Å². The SMILES string of the molecule is C=CCOC(C#CP(=O)(OCC)OCC)CCCCC. The molecule has 1 atom stereocenters. The third kappa shape index (κ3) is 9.34. The number of hydrogen-bond acceptors (Lipinski definition) is 4. The fraction of sp³-hybridized carbons (Fsp3) is 0.733. The second-order valence-electron chi connectivity index (χ2n) is 4.20. The van der Waals surface area contributed by atoms with E-state index in [1.807, 2.05) is 0 Å². The fourth-order valence-corrected chi connectivity index (χ4v) is 2.74. The quantitative estimate of drug-likeness (QED) is 0.246. The lowest BCUT2D eigenvalue weighted by Crippen LogP contribution is -2.10. The van der Waals surface area contributed by atoms with Crippen molar-refractivity contribution in [2.45, 2.75) is 52.6 Å². The van der Waals surface area contributed by atoms with Gasteiger partial charge in [0.05, 0.1) is 19.8 Å². The van der Waals surface area contributed by atoms with Crippen LogP contribution in [0.2, 0.25) is 0 Å². The molecule has 0 saturated carbocycles. The molecule has 1 unspecified atom stereocenters. The van der Waals surface area contributed by atoms with Crippen LogP contribution >= 0.6 is 7.60 Å². The highest BCUT2D eigenvalue weighted by molar-refractivity contribution is 7.59. The average Bonchev–Trinajstić information content (AvgIpc) is 2.42. The van der Waals surface area contributed by atoms with Gasteiger partial charge >= 0.3 is 7.60 Å². The molecule has 0 aliphatic rings. The molecule has 4 nitrogen and oxygen atoms in total. The minimum absolute atomic E-state index is 0.256. The highest BCUT2D eigenvalue weighted by Gasteiger charge is 2.20. The normalized spacial score (nSPS) is 12.6. The van der Waals surface area contributed by atoms with Gasteiger partial charge in [-0.2, -0.15) is 0 Å². The van der Waals surface area contributed by atoms with Crippen molar-refractivity contribution >= 4 is 7.60 Å². The summed E-state index contributed by atoms with van der Waals surface area (Å²) in [7, 11) is -3.31. The third-order valence-corrected chi connectivity index (χ3v) is 4.04. The van der Waals surface area contributed by atoms with Gasteiger partial charge < -0.3 is 4.74 Å². The van der Waals surface area contributed by atoms with Gasteiger partial charge in [-0.3, -0.25) is 9.05 Å². The summed E-state index contributed by atoms with van der Waals surface area (Å²) in [4.78, 5) is 0. The maximum atomic E-state index is 12.2. The maximum Gasteiger partial charge on any atom is 0.405 e. The summed E-state index contributed by atoms with van der Waals surface area (Å²) in [6, 6.07) is 0. The van der Waals surface area contributed by atoms with Gasteiger partial charge in [-0.05, 0) is 26.7 Å². The Balaban J connectivity index is 4.69. The molecule has 0 saturated heterocycles. The van der Waals surface area contributed by atoms with E-state index >= 15 is 0 Å². The van der Waals surface area contributed by atoms with Gasteiger partial charge in [0, 0.05) is 5.66 Å². The largest absolute Gasteiger partial charge is 0.405 e. The standard InChI is InChI=1S/C15H27O4P/c1-5-9-10-11-15(17-13-6-2)12-14-20(16,18-7-3)19-8-4/h6,15H,2,5,7-11,13H2,1,3-4H3. The molecule has 0 aliphatic carbocycles. The molecule has 0 aromatic rings. The van der Waals surface area contributed by atoms with Crippen molar-refractivity contribution in [1.82, 2.24) is 0 Å². The zero-order valence-electron chi connectivity index (χ0n) is 12.9. The zero-order valence-corrected chi connectivity index (χ0v) is 13.8. The van der Waals surface area contributed by atoms with E-state index in [4.69, 9.17) is 13.8 Å². The van der Waals surface area contributed by atoms with Gasteiger partial charge in [0.15, 0.2) is 0 Å². The molecule has 0 heterocycles. The minimum Gasteiger partial charge on any atom is -0.361 e. The Hall–Kier alpha value is -0.590. The molecule has 0 N–H and O–H groups in total. The first-order chi connectivity index (χ1) is 9.61. The summed E-state index contributed by atoms with van der Waals surface area (Å²) in [5, 5.41) is 0. The molecular weight excluding hydrogens is 275 g/mol. The summed E-state index contributed by atoms with van der Waals surface area (Å²) >= 11 is 0. The topological polar surface area (TPSA) is 44.8 Å². The molecular formula is C15H27O4P. The van der Waals surface area contributed by atoms with E-state index in [0.717, 1.165) is 25.7 Å². The first-order valence-corrected chi connectivity index (χ1v) is 8.80. The summed E-state index contributed by atoms with van der Waals surface area (Å²) < 4.78 is 28.1.